The molecule has 1 fully saturated rings. The molecule has 0 aliphatic heterocycles. The summed E-state index contributed by atoms with van der Waals surface area (Å²) in [6.07, 6.45) is 7.73. The van der Waals surface area contributed by atoms with Crippen LogP contribution in [0.25, 0.3) is 5.69 Å². The topological polar surface area (TPSA) is 29.9 Å². The van der Waals surface area contributed by atoms with Crippen molar-refractivity contribution in [1.29, 1.82) is 0 Å². The predicted octanol–water partition coefficient (Wildman–Crippen LogP) is 4.11. The van der Waals surface area contributed by atoms with Crippen molar-refractivity contribution in [3.8, 4) is 5.69 Å². The van der Waals surface area contributed by atoms with Crippen LogP contribution >= 0.6 is 0 Å². The summed E-state index contributed by atoms with van der Waals surface area (Å²) < 4.78 is 1.88. The Morgan fingerprint density at radius 1 is 1.15 bits per heavy atom. The average molecular weight is 269 g/mol. The highest BCUT2D eigenvalue weighted by Gasteiger charge is 2.24. The summed E-state index contributed by atoms with van der Waals surface area (Å²) in [4.78, 5) is 0. The van der Waals surface area contributed by atoms with Crippen LogP contribution in [0.4, 0.5) is 5.69 Å². The molecular formula is C17H23N3. The highest BCUT2D eigenvalue weighted by atomic mass is 15.3. The lowest BCUT2D eigenvalue weighted by molar-refractivity contribution is 0.276. The number of hydrogen-bond acceptors (Lipinski definition) is 2. The molecule has 3 nitrogen and oxygen atoms in total. The molecule has 0 spiro atoms. The molecule has 3 atom stereocenters. The van der Waals surface area contributed by atoms with Crippen LogP contribution in [0.5, 0.6) is 0 Å². The molecule has 20 heavy (non-hydrogen) atoms. The van der Waals surface area contributed by atoms with E-state index in [1.165, 1.54) is 24.9 Å². The lowest BCUT2D eigenvalue weighted by Crippen LogP contribution is -2.32. The lowest BCUT2D eigenvalue weighted by Gasteiger charge is -2.33. The van der Waals surface area contributed by atoms with Gasteiger partial charge in [-0.25, -0.2) is 4.68 Å². The number of nitrogens with zero attached hydrogens (tertiary/aromatic N) is 2. The molecule has 3 rings (SSSR count). The second kappa shape index (κ2) is 5.70. The van der Waals surface area contributed by atoms with Gasteiger partial charge in [0.25, 0.3) is 0 Å². The van der Waals surface area contributed by atoms with Crippen LogP contribution < -0.4 is 5.32 Å². The summed E-state index contributed by atoms with van der Waals surface area (Å²) in [5, 5.41) is 7.94. The first-order chi connectivity index (χ1) is 9.72. The van der Waals surface area contributed by atoms with Gasteiger partial charge in [0.05, 0.1) is 5.69 Å². The quantitative estimate of drug-likeness (QED) is 0.908. The summed E-state index contributed by atoms with van der Waals surface area (Å²) in [6.45, 7) is 4.73. The van der Waals surface area contributed by atoms with Crippen LogP contribution in [0.3, 0.4) is 0 Å². The standard InChI is InChI=1S/C17H23N3/c1-13-4-9-17(14(2)12-13)19-15-5-7-16(8-6-15)20-11-3-10-18-20/h3,5-8,10-11,13-14,17,19H,4,9,12H2,1-2H3. The molecule has 0 radical (unpaired) electrons. The molecule has 2 aromatic rings. The van der Waals surface area contributed by atoms with E-state index >= 15 is 0 Å². The smallest absolute Gasteiger partial charge is 0.0647 e. The van der Waals surface area contributed by atoms with E-state index in [2.05, 4.69) is 48.5 Å². The van der Waals surface area contributed by atoms with Crippen molar-refractivity contribution in [2.45, 2.75) is 39.2 Å². The van der Waals surface area contributed by atoms with E-state index in [-0.39, 0.29) is 0 Å². The summed E-state index contributed by atoms with van der Waals surface area (Å²) >= 11 is 0. The van der Waals surface area contributed by atoms with Gasteiger partial charge < -0.3 is 5.32 Å². The Morgan fingerprint density at radius 2 is 1.95 bits per heavy atom. The maximum absolute atomic E-state index is 4.25. The molecule has 1 aliphatic carbocycles. The van der Waals surface area contributed by atoms with Gasteiger partial charge in [0.1, 0.15) is 0 Å². The fourth-order valence-electron chi connectivity index (χ4n) is 3.23. The minimum absolute atomic E-state index is 0.613. The third-order valence-corrected chi connectivity index (χ3v) is 4.42. The molecule has 1 saturated carbocycles. The van der Waals surface area contributed by atoms with E-state index in [4.69, 9.17) is 0 Å². The van der Waals surface area contributed by atoms with E-state index in [0.29, 0.717) is 6.04 Å². The van der Waals surface area contributed by atoms with Gasteiger partial charge in [-0.3, -0.25) is 0 Å². The van der Waals surface area contributed by atoms with Crippen molar-refractivity contribution in [2.75, 3.05) is 5.32 Å². The van der Waals surface area contributed by atoms with Crippen molar-refractivity contribution < 1.29 is 0 Å². The van der Waals surface area contributed by atoms with Crippen LogP contribution in [-0.2, 0) is 0 Å². The number of anilines is 1. The normalized spacial score (nSPS) is 26.4. The van der Waals surface area contributed by atoms with E-state index in [1.54, 1.807) is 6.20 Å². The fourth-order valence-corrected chi connectivity index (χ4v) is 3.23. The van der Waals surface area contributed by atoms with Gasteiger partial charge in [-0.2, -0.15) is 5.10 Å². The van der Waals surface area contributed by atoms with Gasteiger partial charge >= 0.3 is 0 Å². The highest BCUT2D eigenvalue weighted by Crippen LogP contribution is 2.30. The number of aromatic nitrogens is 2. The molecule has 3 heteroatoms. The van der Waals surface area contributed by atoms with Gasteiger partial charge in [-0.1, -0.05) is 13.8 Å². The van der Waals surface area contributed by atoms with Gasteiger partial charge in [-0.15, -0.1) is 0 Å². The summed E-state index contributed by atoms with van der Waals surface area (Å²) in [5.74, 6) is 1.63. The predicted molar refractivity (Wildman–Crippen MR) is 83.2 cm³/mol. The van der Waals surface area contributed by atoms with E-state index < -0.39 is 0 Å². The Bertz CT molecular complexity index is 530. The first-order valence-electron chi connectivity index (χ1n) is 7.59. The average Bonchev–Trinajstić information content (AvgIpc) is 2.97. The molecule has 0 saturated heterocycles. The van der Waals surface area contributed by atoms with Crippen molar-refractivity contribution in [3.63, 3.8) is 0 Å². The van der Waals surface area contributed by atoms with Crippen LogP contribution in [0.2, 0.25) is 0 Å². The summed E-state index contributed by atoms with van der Waals surface area (Å²) in [7, 11) is 0. The third-order valence-electron chi connectivity index (χ3n) is 4.42. The zero-order chi connectivity index (χ0) is 13.9. The number of nitrogens with one attached hydrogen (secondary N) is 1. The second-order valence-electron chi connectivity index (χ2n) is 6.14. The third kappa shape index (κ3) is 2.87. The molecule has 1 N–H and O–H groups in total. The number of hydrogen-bond donors (Lipinski definition) is 1. The second-order valence-corrected chi connectivity index (χ2v) is 6.14. The van der Waals surface area contributed by atoms with Crippen molar-refractivity contribution in [1.82, 2.24) is 9.78 Å². The monoisotopic (exact) mass is 269 g/mol. The minimum atomic E-state index is 0.613. The van der Waals surface area contributed by atoms with Crippen molar-refractivity contribution in [3.05, 3.63) is 42.7 Å². The highest BCUT2D eigenvalue weighted by molar-refractivity contribution is 5.49. The molecular weight excluding hydrogens is 246 g/mol. The molecule has 3 unspecified atom stereocenters. The van der Waals surface area contributed by atoms with Crippen LogP contribution in [0.1, 0.15) is 33.1 Å². The number of rotatable bonds is 3. The maximum atomic E-state index is 4.25. The van der Waals surface area contributed by atoms with Gasteiger partial charge in [0.2, 0.25) is 0 Å². The Hall–Kier alpha value is -1.77. The molecule has 106 valence electrons. The minimum Gasteiger partial charge on any atom is -0.382 e. The van der Waals surface area contributed by atoms with Crippen LogP contribution in [-0.4, -0.2) is 15.8 Å². The molecule has 1 aromatic heterocycles. The summed E-state index contributed by atoms with van der Waals surface area (Å²) in [5.41, 5.74) is 2.32. The van der Waals surface area contributed by atoms with Crippen LogP contribution in [0.15, 0.2) is 42.7 Å². The first-order valence-corrected chi connectivity index (χ1v) is 7.59. The zero-order valence-electron chi connectivity index (χ0n) is 12.3. The van der Waals surface area contributed by atoms with Gasteiger partial charge in [0.15, 0.2) is 0 Å². The molecule has 0 bridgehead atoms. The molecule has 1 aliphatic rings. The first kappa shape index (κ1) is 13.2. The lowest BCUT2D eigenvalue weighted by atomic mass is 9.80. The Labute approximate surface area is 121 Å². The SMILES string of the molecule is CC1CCC(Nc2ccc(-n3cccn3)cc2)C(C)C1. The van der Waals surface area contributed by atoms with Crippen molar-refractivity contribution >= 4 is 5.69 Å². The van der Waals surface area contributed by atoms with E-state index in [0.717, 1.165) is 17.5 Å². The Kier molecular flexibility index (Phi) is 3.77. The Morgan fingerprint density at radius 3 is 2.60 bits per heavy atom. The zero-order valence-corrected chi connectivity index (χ0v) is 12.3. The van der Waals surface area contributed by atoms with Crippen molar-refractivity contribution in [2.24, 2.45) is 11.8 Å². The molecule has 0 amide bonds. The molecule has 1 aromatic carbocycles. The van der Waals surface area contributed by atoms with Gasteiger partial charge in [0, 0.05) is 24.1 Å². The van der Waals surface area contributed by atoms with E-state index in [1.807, 2.05) is 16.9 Å². The number of benzene rings is 1. The van der Waals surface area contributed by atoms with Crippen LogP contribution in [0, 0.1) is 11.8 Å². The van der Waals surface area contributed by atoms with E-state index in [9.17, 15) is 0 Å². The largest absolute Gasteiger partial charge is 0.382 e. The summed E-state index contributed by atoms with van der Waals surface area (Å²) in [6, 6.07) is 11.1. The molecule has 1 heterocycles. The van der Waals surface area contributed by atoms with Gasteiger partial charge in [-0.05, 0) is 61.4 Å². The fraction of sp³-hybridized carbons (Fsp3) is 0.471. The maximum Gasteiger partial charge on any atom is 0.0647 e. The Balaban J connectivity index is 1.66.